The van der Waals surface area contributed by atoms with Crippen LogP contribution in [0.1, 0.15) is 56.1 Å². The number of thiazole rings is 1. The van der Waals surface area contributed by atoms with Gasteiger partial charge in [0.1, 0.15) is 5.73 Å². The first-order valence-corrected chi connectivity index (χ1v) is 8.24. The Kier molecular flexibility index (Phi) is 3.54. The SMILES string of the molecule is Cc1nc2c(s1)C(=C(F)B1OC(C)(C)C(C)(C)O1)CCC2. The maximum atomic E-state index is 15.0. The summed E-state index contributed by atoms with van der Waals surface area (Å²) in [6, 6.07) is 0. The molecule has 0 atom stereocenters. The second kappa shape index (κ2) is 4.90. The zero-order valence-electron chi connectivity index (χ0n) is 13.2. The van der Waals surface area contributed by atoms with Crippen LogP contribution in [0.2, 0.25) is 0 Å². The third-order valence-electron chi connectivity index (χ3n) is 4.67. The van der Waals surface area contributed by atoms with Gasteiger partial charge in [-0.1, -0.05) is 0 Å². The molecule has 2 heterocycles. The normalized spacial score (nSPS) is 25.9. The minimum Gasteiger partial charge on any atom is -0.398 e. The van der Waals surface area contributed by atoms with E-state index >= 15 is 0 Å². The molecule has 6 heteroatoms. The predicted octanol–water partition coefficient (Wildman–Crippen LogP) is 4.10. The van der Waals surface area contributed by atoms with E-state index in [1.807, 2.05) is 34.6 Å². The summed E-state index contributed by atoms with van der Waals surface area (Å²) in [5.74, 6) is 0. The van der Waals surface area contributed by atoms with E-state index in [1.165, 1.54) is 0 Å². The molecule has 0 N–H and O–H groups in total. The zero-order valence-corrected chi connectivity index (χ0v) is 14.1. The molecular weight excluding hydrogens is 288 g/mol. The Bertz CT molecular complexity index is 593. The highest BCUT2D eigenvalue weighted by molar-refractivity contribution is 7.12. The summed E-state index contributed by atoms with van der Waals surface area (Å²) in [4.78, 5) is 5.48. The lowest BCUT2D eigenvalue weighted by Crippen LogP contribution is -2.41. The van der Waals surface area contributed by atoms with E-state index < -0.39 is 18.3 Å². The summed E-state index contributed by atoms with van der Waals surface area (Å²) in [5.41, 5.74) is 0.428. The van der Waals surface area contributed by atoms with Crippen LogP contribution in [0.5, 0.6) is 0 Å². The fourth-order valence-electron chi connectivity index (χ4n) is 2.74. The molecule has 2 aliphatic rings. The second-order valence-corrected chi connectivity index (χ2v) is 7.98. The van der Waals surface area contributed by atoms with Crippen molar-refractivity contribution < 1.29 is 13.7 Å². The molecule has 1 fully saturated rings. The lowest BCUT2D eigenvalue weighted by atomic mass is 9.81. The molecule has 0 aromatic carbocycles. The molecule has 1 aliphatic carbocycles. The van der Waals surface area contributed by atoms with Crippen LogP contribution in [0.25, 0.3) is 5.57 Å². The van der Waals surface area contributed by atoms with Gasteiger partial charge in [0.2, 0.25) is 0 Å². The standard InChI is InChI=1S/C15H21BFNO2S/c1-9-18-11-8-6-7-10(12(11)21-9)13(17)16-19-14(2,3)15(4,5)20-16/h6-8H2,1-5H3. The van der Waals surface area contributed by atoms with Crippen molar-refractivity contribution in [1.82, 2.24) is 4.98 Å². The molecule has 21 heavy (non-hydrogen) atoms. The van der Waals surface area contributed by atoms with Gasteiger partial charge in [-0.3, -0.25) is 0 Å². The fraction of sp³-hybridized carbons (Fsp3) is 0.667. The number of allylic oxidation sites excluding steroid dienone is 1. The summed E-state index contributed by atoms with van der Waals surface area (Å²) >= 11 is 1.57. The highest BCUT2D eigenvalue weighted by Crippen LogP contribution is 2.43. The van der Waals surface area contributed by atoms with Crippen LogP contribution < -0.4 is 0 Å². The van der Waals surface area contributed by atoms with Crippen molar-refractivity contribution in [1.29, 1.82) is 0 Å². The van der Waals surface area contributed by atoms with E-state index in [1.54, 1.807) is 11.3 Å². The monoisotopic (exact) mass is 309 g/mol. The Hall–Kier alpha value is -0.715. The number of hydrogen-bond donors (Lipinski definition) is 0. The van der Waals surface area contributed by atoms with Crippen molar-refractivity contribution in [2.24, 2.45) is 0 Å². The summed E-state index contributed by atoms with van der Waals surface area (Å²) in [7, 11) is -0.904. The third-order valence-corrected chi connectivity index (χ3v) is 5.74. The van der Waals surface area contributed by atoms with Gasteiger partial charge >= 0.3 is 7.12 Å². The minimum atomic E-state index is -0.904. The first kappa shape index (κ1) is 15.2. The Morgan fingerprint density at radius 3 is 2.43 bits per heavy atom. The first-order chi connectivity index (χ1) is 9.71. The van der Waals surface area contributed by atoms with Crippen molar-refractivity contribution in [3.8, 4) is 0 Å². The molecule has 0 spiro atoms. The average molecular weight is 309 g/mol. The van der Waals surface area contributed by atoms with Gasteiger partial charge in [-0.2, -0.15) is 0 Å². The van der Waals surface area contributed by atoms with Gasteiger partial charge in [-0.15, -0.1) is 11.3 Å². The van der Waals surface area contributed by atoms with Gasteiger partial charge < -0.3 is 9.31 Å². The lowest BCUT2D eigenvalue weighted by molar-refractivity contribution is 0.00578. The van der Waals surface area contributed by atoms with Crippen LogP contribution in [-0.4, -0.2) is 23.3 Å². The van der Waals surface area contributed by atoms with E-state index in [-0.39, 0.29) is 5.73 Å². The van der Waals surface area contributed by atoms with Crippen molar-refractivity contribution in [2.45, 2.75) is 65.1 Å². The molecule has 0 radical (unpaired) electrons. The Morgan fingerprint density at radius 2 is 1.81 bits per heavy atom. The van der Waals surface area contributed by atoms with E-state index in [4.69, 9.17) is 9.31 Å². The number of aromatic nitrogens is 1. The molecule has 3 nitrogen and oxygen atoms in total. The minimum absolute atomic E-state index is 0.279. The Morgan fingerprint density at radius 1 is 1.19 bits per heavy atom. The fourth-order valence-corrected chi connectivity index (χ4v) is 3.78. The number of fused-ring (bicyclic) bond motifs is 1. The number of aryl methyl sites for hydroxylation is 2. The van der Waals surface area contributed by atoms with Crippen LogP contribution in [0.15, 0.2) is 5.73 Å². The van der Waals surface area contributed by atoms with Gasteiger partial charge in [0.05, 0.1) is 26.8 Å². The van der Waals surface area contributed by atoms with E-state index in [9.17, 15) is 4.39 Å². The summed E-state index contributed by atoms with van der Waals surface area (Å²) < 4.78 is 26.6. The molecular formula is C15H21BFNO2S. The van der Waals surface area contributed by atoms with Crippen LogP contribution >= 0.6 is 11.3 Å². The van der Waals surface area contributed by atoms with Crippen LogP contribution in [0, 0.1) is 6.92 Å². The molecule has 114 valence electrons. The van der Waals surface area contributed by atoms with E-state index in [0.717, 1.165) is 40.4 Å². The second-order valence-electron chi connectivity index (χ2n) is 6.78. The molecule has 1 aromatic rings. The maximum absolute atomic E-state index is 15.0. The molecule has 1 aromatic heterocycles. The van der Waals surface area contributed by atoms with Gasteiger partial charge in [0, 0.05) is 0 Å². The van der Waals surface area contributed by atoms with Crippen LogP contribution in [-0.2, 0) is 15.7 Å². The van der Waals surface area contributed by atoms with Crippen molar-refractivity contribution >= 4 is 24.0 Å². The Labute approximate surface area is 129 Å². The van der Waals surface area contributed by atoms with Crippen molar-refractivity contribution in [2.75, 3.05) is 0 Å². The number of halogens is 1. The maximum Gasteiger partial charge on any atom is 0.525 e. The predicted molar refractivity (Wildman–Crippen MR) is 83.9 cm³/mol. The van der Waals surface area contributed by atoms with E-state index in [0.29, 0.717) is 0 Å². The van der Waals surface area contributed by atoms with Crippen LogP contribution in [0.3, 0.4) is 0 Å². The van der Waals surface area contributed by atoms with Gasteiger partial charge in [-0.05, 0) is 59.5 Å². The molecule has 0 unspecified atom stereocenters. The van der Waals surface area contributed by atoms with Crippen LogP contribution in [0.4, 0.5) is 4.39 Å². The molecule has 0 saturated carbocycles. The van der Waals surface area contributed by atoms with Crippen molar-refractivity contribution in [3.63, 3.8) is 0 Å². The molecule has 1 saturated heterocycles. The Balaban J connectivity index is 1.97. The first-order valence-electron chi connectivity index (χ1n) is 7.42. The van der Waals surface area contributed by atoms with Gasteiger partial charge in [-0.25, -0.2) is 9.37 Å². The third kappa shape index (κ3) is 2.47. The van der Waals surface area contributed by atoms with Crippen molar-refractivity contribution in [3.05, 3.63) is 21.3 Å². The highest BCUT2D eigenvalue weighted by Gasteiger charge is 2.53. The van der Waals surface area contributed by atoms with E-state index in [2.05, 4.69) is 4.98 Å². The molecule has 3 rings (SSSR count). The smallest absolute Gasteiger partial charge is 0.398 e. The number of hydrogen-bond acceptors (Lipinski definition) is 4. The molecule has 0 bridgehead atoms. The van der Waals surface area contributed by atoms with Gasteiger partial charge in [0.25, 0.3) is 0 Å². The molecule has 1 aliphatic heterocycles. The number of rotatable bonds is 1. The molecule has 0 amide bonds. The topological polar surface area (TPSA) is 31.4 Å². The number of nitrogens with zero attached hydrogens (tertiary/aromatic N) is 1. The van der Waals surface area contributed by atoms with Gasteiger partial charge in [0.15, 0.2) is 0 Å². The summed E-state index contributed by atoms with van der Waals surface area (Å²) in [6.45, 7) is 9.72. The zero-order chi connectivity index (χ0) is 15.4. The quantitative estimate of drug-likeness (QED) is 0.732. The largest absolute Gasteiger partial charge is 0.525 e. The summed E-state index contributed by atoms with van der Waals surface area (Å²) in [5, 5.41) is 0.987. The average Bonchev–Trinajstić information content (AvgIpc) is 2.85. The lowest BCUT2D eigenvalue weighted by Gasteiger charge is -2.32. The summed E-state index contributed by atoms with van der Waals surface area (Å²) in [6.07, 6.45) is 2.59. The highest BCUT2D eigenvalue weighted by atomic mass is 32.1.